The van der Waals surface area contributed by atoms with Gasteiger partial charge in [0.1, 0.15) is 5.69 Å². The molecule has 0 atom stereocenters. The summed E-state index contributed by atoms with van der Waals surface area (Å²) in [6.45, 7) is 10.1. The Morgan fingerprint density at radius 1 is 0.435 bits per heavy atom. The number of unbranched alkanes of at least 4 members (excludes halogenated alkanes) is 27. The molecule has 0 saturated heterocycles. The molecular formula is C43H79NO2. The van der Waals surface area contributed by atoms with Crippen LogP contribution in [0.3, 0.4) is 0 Å². The van der Waals surface area contributed by atoms with Crippen LogP contribution >= 0.6 is 0 Å². The van der Waals surface area contributed by atoms with Crippen molar-refractivity contribution < 1.29 is 9.90 Å². The van der Waals surface area contributed by atoms with Crippen molar-refractivity contribution >= 4 is 11.7 Å². The number of rotatable bonds is 35. The molecule has 0 radical (unpaired) electrons. The summed E-state index contributed by atoms with van der Waals surface area (Å²) < 4.78 is 0.842. The second-order valence-electron chi connectivity index (χ2n) is 14.7. The monoisotopic (exact) mass is 642 g/mol. The fourth-order valence-electron chi connectivity index (χ4n) is 7.46. The van der Waals surface area contributed by atoms with Crippen molar-refractivity contribution in [2.45, 2.75) is 213 Å². The minimum atomic E-state index is -1.01. The van der Waals surface area contributed by atoms with Gasteiger partial charge >= 0.3 is 0 Å². The highest BCUT2D eigenvalue weighted by molar-refractivity contribution is 5.92. The van der Waals surface area contributed by atoms with Gasteiger partial charge in [0.05, 0.1) is 31.2 Å². The Balaban J connectivity index is 2.79. The van der Waals surface area contributed by atoms with Gasteiger partial charge in [0, 0.05) is 0 Å². The van der Waals surface area contributed by atoms with Gasteiger partial charge in [-0.15, -0.1) is 0 Å². The second-order valence-corrected chi connectivity index (χ2v) is 14.7. The largest absolute Gasteiger partial charge is 0.545 e. The van der Waals surface area contributed by atoms with Crippen molar-refractivity contribution in [3.8, 4) is 0 Å². The molecular weight excluding hydrogens is 562 g/mol. The number of carboxylic acids is 1. The smallest absolute Gasteiger partial charge is 0.142 e. The Labute approximate surface area is 288 Å². The van der Waals surface area contributed by atoms with Gasteiger partial charge in [-0.2, -0.15) is 0 Å². The van der Waals surface area contributed by atoms with Crippen molar-refractivity contribution in [1.29, 1.82) is 0 Å². The average Bonchev–Trinajstić information content (AvgIpc) is 3.07. The molecule has 0 aliphatic heterocycles. The zero-order chi connectivity index (χ0) is 33.4. The SMILES string of the molecule is CCCCCCCCCCCC[N+](CCCCCCCCCCCC)(CCCCCCCCCCCC)c1ccccc1C(=O)[O-]. The predicted octanol–water partition coefficient (Wildman–Crippen LogP) is 13.1. The first-order valence-electron chi connectivity index (χ1n) is 20.8. The quantitative estimate of drug-likeness (QED) is 0.0546. The van der Waals surface area contributed by atoms with Crippen LogP contribution in [0, 0.1) is 0 Å². The molecule has 0 bridgehead atoms. The number of carboxylic acid groups (broad SMARTS) is 1. The maximum Gasteiger partial charge on any atom is 0.142 e. The Morgan fingerprint density at radius 3 is 0.978 bits per heavy atom. The van der Waals surface area contributed by atoms with Gasteiger partial charge in [-0.1, -0.05) is 187 Å². The first-order valence-corrected chi connectivity index (χ1v) is 20.8. The average molecular weight is 642 g/mol. The lowest BCUT2D eigenvalue weighted by Gasteiger charge is -2.40. The lowest BCUT2D eigenvalue weighted by molar-refractivity contribution is -0.255. The van der Waals surface area contributed by atoms with Crippen LogP contribution in [0.15, 0.2) is 24.3 Å². The van der Waals surface area contributed by atoms with Crippen molar-refractivity contribution in [2.75, 3.05) is 19.6 Å². The van der Waals surface area contributed by atoms with Crippen LogP contribution in [-0.4, -0.2) is 25.6 Å². The highest BCUT2D eigenvalue weighted by atomic mass is 16.4. The van der Waals surface area contributed by atoms with Crippen LogP contribution in [0.1, 0.15) is 224 Å². The Bertz CT molecular complexity index is 746. The molecule has 3 nitrogen and oxygen atoms in total. The normalized spacial score (nSPS) is 11.8. The lowest BCUT2D eigenvalue weighted by atomic mass is 10.0. The summed E-state index contributed by atoms with van der Waals surface area (Å²) in [5.41, 5.74) is 1.44. The van der Waals surface area contributed by atoms with Crippen molar-refractivity contribution in [3.63, 3.8) is 0 Å². The highest BCUT2D eigenvalue weighted by Gasteiger charge is 2.32. The maximum absolute atomic E-state index is 12.4. The number of aromatic carboxylic acids is 1. The summed E-state index contributed by atoms with van der Waals surface area (Å²) in [7, 11) is 0. The lowest BCUT2D eigenvalue weighted by Crippen LogP contribution is -2.52. The molecule has 0 heterocycles. The number of hydrogen-bond acceptors (Lipinski definition) is 2. The van der Waals surface area contributed by atoms with Crippen LogP contribution in [0.5, 0.6) is 0 Å². The van der Waals surface area contributed by atoms with E-state index in [0.717, 1.165) is 29.8 Å². The van der Waals surface area contributed by atoms with Crippen LogP contribution in [0.2, 0.25) is 0 Å². The molecule has 1 aromatic rings. The third-order valence-electron chi connectivity index (χ3n) is 10.5. The van der Waals surface area contributed by atoms with E-state index in [9.17, 15) is 9.90 Å². The molecule has 0 aliphatic carbocycles. The third-order valence-corrected chi connectivity index (χ3v) is 10.5. The van der Waals surface area contributed by atoms with E-state index < -0.39 is 5.97 Å². The number of para-hydroxylation sites is 1. The minimum absolute atomic E-state index is 0.425. The fraction of sp³-hybridized carbons (Fsp3) is 0.837. The number of benzene rings is 1. The highest BCUT2D eigenvalue weighted by Crippen LogP contribution is 2.31. The molecule has 1 rings (SSSR count). The molecule has 46 heavy (non-hydrogen) atoms. The second kappa shape index (κ2) is 31.0. The van der Waals surface area contributed by atoms with E-state index in [1.807, 2.05) is 6.07 Å². The minimum Gasteiger partial charge on any atom is -0.545 e. The number of carbonyl (C=O) groups excluding carboxylic acids is 1. The molecule has 3 heteroatoms. The summed E-state index contributed by atoms with van der Waals surface area (Å²) in [4.78, 5) is 12.4. The molecule has 268 valence electrons. The van der Waals surface area contributed by atoms with E-state index in [1.165, 1.54) is 193 Å². The van der Waals surface area contributed by atoms with Gasteiger partial charge in [-0.05, 0) is 50.7 Å². The molecule has 0 aromatic heterocycles. The van der Waals surface area contributed by atoms with Gasteiger partial charge < -0.3 is 9.90 Å². The zero-order valence-electron chi connectivity index (χ0n) is 31.4. The standard InChI is InChI=1S/C43H79NO2/c1-4-7-10-13-16-19-22-25-28-33-38-44(42-37-32-31-36-41(42)43(45)46,39-34-29-26-23-20-17-14-11-8-5-2)40-35-30-27-24-21-18-15-12-9-6-3/h31-32,36-37H,4-30,33-35,38-40H2,1-3H3. The van der Waals surface area contributed by atoms with Crippen LogP contribution < -0.4 is 9.59 Å². The Hall–Kier alpha value is -1.35. The van der Waals surface area contributed by atoms with Crippen molar-refractivity contribution in [1.82, 2.24) is 4.48 Å². The van der Waals surface area contributed by atoms with Crippen LogP contribution in [0.25, 0.3) is 0 Å². The van der Waals surface area contributed by atoms with Gasteiger partial charge in [0.15, 0.2) is 0 Å². The van der Waals surface area contributed by atoms with Gasteiger partial charge in [-0.3, -0.25) is 4.48 Å². The topological polar surface area (TPSA) is 40.1 Å². The summed E-state index contributed by atoms with van der Waals surface area (Å²) in [6, 6.07) is 7.86. The maximum atomic E-state index is 12.4. The molecule has 0 N–H and O–H groups in total. The molecule has 0 unspecified atom stereocenters. The molecule has 0 aliphatic rings. The van der Waals surface area contributed by atoms with E-state index in [0.29, 0.717) is 5.56 Å². The number of quaternary nitrogens is 1. The first kappa shape index (κ1) is 42.7. The van der Waals surface area contributed by atoms with Crippen LogP contribution in [0.4, 0.5) is 5.69 Å². The summed E-state index contributed by atoms with van der Waals surface area (Å²) >= 11 is 0. The van der Waals surface area contributed by atoms with E-state index >= 15 is 0 Å². The number of nitrogens with zero attached hydrogens (tertiary/aromatic N) is 1. The molecule has 0 spiro atoms. The van der Waals surface area contributed by atoms with Crippen molar-refractivity contribution in [3.05, 3.63) is 29.8 Å². The molecule has 1 aromatic carbocycles. The van der Waals surface area contributed by atoms with Gasteiger partial charge in [0.2, 0.25) is 0 Å². The molecule has 0 saturated carbocycles. The Morgan fingerprint density at radius 2 is 0.696 bits per heavy atom. The summed E-state index contributed by atoms with van der Waals surface area (Å²) in [5, 5.41) is 12.4. The van der Waals surface area contributed by atoms with Crippen LogP contribution in [-0.2, 0) is 0 Å². The fourth-order valence-corrected chi connectivity index (χ4v) is 7.46. The van der Waals surface area contributed by atoms with E-state index in [4.69, 9.17) is 0 Å². The van der Waals surface area contributed by atoms with E-state index in [-0.39, 0.29) is 0 Å². The first-order chi connectivity index (χ1) is 22.6. The number of carbonyl (C=O) groups is 1. The molecule has 0 amide bonds. The zero-order valence-corrected chi connectivity index (χ0v) is 31.4. The predicted molar refractivity (Wildman–Crippen MR) is 203 cm³/mol. The van der Waals surface area contributed by atoms with Crippen molar-refractivity contribution in [2.24, 2.45) is 0 Å². The molecule has 0 fully saturated rings. The van der Waals surface area contributed by atoms with Gasteiger partial charge in [0.25, 0.3) is 0 Å². The number of hydrogen-bond donors (Lipinski definition) is 0. The van der Waals surface area contributed by atoms with E-state index in [2.05, 4.69) is 32.9 Å². The Kier molecular flexibility index (Phi) is 28.7. The summed E-state index contributed by atoms with van der Waals surface area (Å²) in [5.74, 6) is -1.01. The summed E-state index contributed by atoms with van der Waals surface area (Å²) in [6.07, 6.45) is 40.1. The third kappa shape index (κ3) is 21.5. The van der Waals surface area contributed by atoms with E-state index in [1.54, 1.807) is 6.07 Å². The van der Waals surface area contributed by atoms with Gasteiger partial charge in [-0.25, -0.2) is 0 Å².